The minimum absolute atomic E-state index is 0.0288. The molecule has 0 spiro atoms. The van der Waals surface area contributed by atoms with Crippen molar-refractivity contribution < 1.29 is 13.2 Å². The molecule has 0 unspecified atom stereocenters. The Kier molecular flexibility index (Phi) is 2.74. The highest BCUT2D eigenvalue weighted by Crippen LogP contribution is 2.15. The van der Waals surface area contributed by atoms with Crippen molar-refractivity contribution in [3.8, 4) is 0 Å². The Balaban J connectivity index is 3.10. The van der Waals surface area contributed by atoms with Gasteiger partial charge >= 0.3 is 0 Å². The van der Waals surface area contributed by atoms with Gasteiger partial charge in [-0.15, -0.1) is 0 Å². The van der Waals surface area contributed by atoms with Crippen molar-refractivity contribution in [2.24, 2.45) is 0 Å². The molecule has 0 saturated carbocycles. The monoisotopic (exact) mass is 174 g/mol. The Morgan fingerprint density at radius 1 is 1.08 bits per heavy atom. The number of hydrogen-bond acceptors (Lipinski definition) is 0. The van der Waals surface area contributed by atoms with Gasteiger partial charge in [-0.1, -0.05) is 13.3 Å². The van der Waals surface area contributed by atoms with Crippen molar-refractivity contribution in [2.45, 2.75) is 19.8 Å². The maximum absolute atomic E-state index is 12.8. The first-order valence-electron chi connectivity index (χ1n) is 3.78. The van der Waals surface area contributed by atoms with Crippen LogP contribution in [0, 0.1) is 17.5 Å². The molecule has 0 N–H and O–H groups in total. The van der Waals surface area contributed by atoms with Crippen LogP contribution in [0.3, 0.4) is 0 Å². The summed E-state index contributed by atoms with van der Waals surface area (Å²) in [5.41, 5.74) is -0.0288. The molecule has 0 amide bonds. The highest BCUT2D eigenvalue weighted by molar-refractivity contribution is 5.20. The first kappa shape index (κ1) is 9.10. The van der Waals surface area contributed by atoms with E-state index in [0.717, 1.165) is 0 Å². The van der Waals surface area contributed by atoms with Gasteiger partial charge < -0.3 is 0 Å². The van der Waals surface area contributed by atoms with E-state index in [9.17, 15) is 13.2 Å². The SMILES string of the molecule is CCCc1c(F)cc(F)cc1F. The summed E-state index contributed by atoms with van der Waals surface area (Å²) in [6.45, 7) is 1.81. The third-order valence-corrected chi connectivity index (χ3v) is 1.61. The third kappa shape index (κ3) is 1.78. The summed E-state index contributed by atoms with van der Waals surface area (Å²) in [5, 5.41) is 0. The predicted molar refractivity (Wildman–Crippen MR) is 40.3 cm³/mol. The van der Waals surface area contributed by atoms with Gasteiger partial charge in [0.25, 0.3) is 0 Å². The van der Waals surface area contributed by atoms with Crippen molar-refractivity contribution in [2.75, 3.05) is 0 Å². The lowest BCUT2D eigenvalue weighted by atomic mass is 10.1. The highest BCUT2D eigenvalue weighted by atomic mass is 19.1. The van der Waals surface area contributed by atoms with E-state index >= 15 is 0 Å². The van der Waals surface area contributed by atoms with Crippen LogP contribution in [-0.2, 0) is 6.42 Å². The zero-order valence-corrected chi connectivity index (χ0v) is 6.70. The van der Waals surface area contributed by atoms with E-state index < -0.39 is 17.5 Å². The number of rotatable bonds is 2. The second kappa shape index (κ2) is 3.61. The molecule has 0 saturated heterocycles. The van der Waals surface area contributed by atoms with Crippen molar-refractivity contribution >= 4 is 0 Å². The zero-order valence-electron chi connectivity index (χ0n) is 6.70. The van der Waals surface area contributed by atoms with Gasteiger partial charge in [0.1, 0.15) is 17.5 Å². The molecule has 0 aromatic heterocycles. The van der Waals surface area contributed by atoms with E-state index in [0.29, 0.717) is 25.0 Å². The van der Waals surface area contributed by atoms with E-state index in [2.05, 4.69) is 0 Å². The molecule has 1 aromatic carbocycles. The third-order valence-electron chi connectivity index (χ3n) is 1.61. The average Bonchev–Trinajstić information content (AvgIpc) is 1.96. The first-order chi connectivity index (χ1) is 5.65. The van der Waals surface area contributed by atoms with Crippen LogP contribution in [0.15, 0.2) is 12.1 Å². The second-order valence-electron chi connectivity index (χ2n) is 2.60. The molecular formula is C9H9F3. The van der Waals surface area contributed by atoms with Crippen LogP contribution in [0.5, 0.6) is 0 Å². The summed E-state index contributed by atoms with van der Waals surface area (Å²) in [4.78, 5) is 0. The molecule has 0 atom stereocenters. The Morgan fingerprint density at radius 2 is 1.58 bits per heavy atom. The molecule has 0 bridgehead atoms. The summed E-state index contributed by atoms with van der Waals surface area (Å²) in [6.07, 6.45) is 0.942. The lowest BCUT2D eigenvalue weighted by Gasteiger charge is -2.02. The molecule has 0 aliphatic heterocycles. The lowest BCUT2D eigenvalue weighted by Crippen LogP contribution is -1.96. The molecule has 0 radical (unpaired) electrons. The van der Waals surface area contributed by atoms with Crippen LogP contribution in [-0.4, -0.2) is 0 Å². The van der Waals surface area contributed by atoms with Crippen LogP contribution in [0.25, 0.3) is 0 Å². The number of halogens is 3. The lowest BCUT2D eigenvalue weighted by molar-refractivity contribution is 0.522. The van der Waals surface area contributed by atoms with E-state index in [1.165, 1.54) is 0 Å². The van der Waals surface area contributed by atoms with Crippen molar-refractivity contribution in [3.05, 3.63) is 35.1 Å². The van der Waals surface area contributed by atoms with Crippen LogP contribution in [0.1, 0.15) is 18.9 Å². The van der Waals surface area contributed by atoms with Crippen LogP contribution >= 0.6 is 0 Å². The van der Waals surface area contributed by atoms with Gasteiger partial charge in [-0.2, -0.15) is 0 Å². The molecule has 66 valence electrons. The topological polar surface area (TPSA) is 0 Å². The maximum atomic E-state index is 12.8. The fourth-order valence-electron chi connectivity index (χ4n) is 1.06. The second-order valence-corrected chi connectivity index (χ2v) is 2.60. The quantitative estimate of drug-likeness (QED) is 0.646. The molecule has 0 aliphatic carbocycles. The van der Waals surface area contributed by atoms with Crippen LogP contribution < -0.4 is 0 Å². The fraction of sp³-hybridized carbons (Fsp3) is 0.333. The van der Waals surface area contributed by atoms with Gasteiger partial charge in [-0.25, -0.2) is 13.2 Å². The van der Waals surface area contributed by atoms with E-state index in [-0.39, 0.29) is 5.56 Å². The van der Waals surface area contributed by atoms with Gasteiger partial charge in [0.2, 0.25) is 0 Å². The molecule has 1 aromatic rings. The van der Waals surface area contributed by atoms with Gasteiger partial charge in [0, 0.05) is 17.7 Å². The maximum Gasteiger partial charge on any atom is 0.132 e. The standard InChI is InChI=1S/C9H9F3/c1-2-3-7-8(11)4-6(10)5-9(7)12/h4-5H,2-3H2,1H3. The predicted octanol–water partition coefficient (Wildman–Crippen LogP) is 3.06. The van der Waals surface area contributed by atoms with Gasteiger partial charge in [0.15, 0.2) is 0 Å². The average molecular weight is 174 g/mol. The van der Waals surface area contributed by atoms with Gasteiger partial charge in [0.05, 0.1) is 0 Å². The summed E-state index contributed by atoms with van der Waals surface area (Å²) < 4.78 is 38.0. The highest BCUT2D eigenvalue weighted by Gasteiger charge is 2.09. The summed E-state index contributed by atoms with van der Waals surface area (Å²) in [5.74, 6) is -2.46. The fourth-order valence-corrected chi connectivity index (χ4v) is 1.06. The Labute approximate surface area is 69.0 Å². The van der Waals surface area contributed by atoms with Crippen LogP contribution in [0.4, 0.5) is 13.2 Å². The number of benzene rings is 1. The normalized spacial score (nSPS) is 10.3. The van der Waals surface area contributed by atoms with E-state index in [1.807, 2.05) is 6.92 Å². The Hall–Kier alpha value is -0.990. The van der Waals surface area contributed by atoms with Crippen LogP contribution in [0.2, 0.25) is 0 Å². The van der Waals surface area contributed by atoms with Gasteiger partial charge in [-0.3, -0.25) is 0 Å². The molecule has 3 heteroatoms. The van der Waals surface area contributed by atoms with Crippen molar-refractivity contribution in [3.63, 3.8) is 0 Å². The molecule has 0 aliphatic rings. The van der Waals surface area contributed by atoms with Crippen molar-refractivity contribution in [1.29, 1.82) is 0 Å². The molecule has 0 nitrogen and oxygen atoms in total. The summed E-state index contributed by atoms with van der Waals surface area (Å²) in [7, 11) is 0. The molecule has 0 heterocycles. The van der Waals surface area contributed by atoms with E-state index in [1.54, 1.807) is 0 Å². The largest absolute Gasteiger partial charge is 0.207 e. The summed E-state index contributed by atoms with van der Waals surface area (Å²) >= 11 is 0. The first-order valence-corrected chi connectivity index (χ1v) is 3.78. The molecule has 0 fully saturated rings. The molecule has 1 rings (SSSR count). The minimum Gasteiger partial charge on any atom is -0.207 e. The Morgan fingerprint density at radius 3 is 2.00 bits per heavy atom. The zero-order chi connectivity index (χ0) is 9.14. The molecular weight excluding hydrogens is 165 g/mol. The molecule has 12 heavy (non-hydrogen) atoms. The van der Waals surface area contributed by atoms with E-state index in [4.69, 9.17) is 0 Å². The Bertz CT molecular complexity index is 258. The summed E-state index contributed by atoms with van der Waals surface area (Å²) in [6, 6.07) is 1.40. The smallest absolute Gasteiger partial charge is 0.132 e. The van der Waals surface area contributed by atoms with Gasteiger partial charge in [-0.05, 0) is 6.42 Å². The minimum atomic E-state index is -0.871. The number of hydrogen-bond donors (Lipinski definition) is 0. The van der Waals surface area contributed by atoms with Crippen molar-refractivity contribution in [1.82, 2.24) is 0 Å².